The number of nitrogens with one attached hydrogen (secondary N) is 1. The molecule has 1 N–H and O–H groups in total. The van der Waals surface area contributed by atoms with Gasteiger partial charge in [-0.1, -0.05) is 0 Å². The van der Waals surface area contributed by atoms with Gasteiger partial charge in [-0.2, -0.15) is 5.26 Å². The van der Waals surface area contributed by atoms with Gasteiger partial charge in [0.2, 0.25) is 10.0 Å². The topological polar surface area (TPSA) is 90.3 Å². The summed E-state index contributed by atoms with van der Waals surface area (Å²) in [5.74, 6) is -0.369. The van der Waals surface area contributed by atoms with Gasteiger partial charge in [0.1, 0.15) is 0 Å². The van der Waals surface area contributed by atoms with E-state index < -0.39 is 10.0 Å². The number of hydrogen-bond acceptors (Lipinski definition) is 4. The fourth-order valence-electron chi connectivity index (χ4n) is 2.21. The van der Waals surface area contributed by atoms with Crippen molar-refractivity contribution in [2.75, 3.05) is 19.4 Å². The SMILES string of the molecule is Cc1cc(S(=O)(=O)N(C)C)cc(NC(=O)c2ccc(C#N)cc2)c1C. The van der Waals surface area contributed by atoms with Gasteiger partial charge < -0.3 is 5.32 Å². The predicted octanol–water partition coefficient (Wildman–Crippen LogP) is 2.68. The van der Waals surface area contributed by atoms with Crippen LogP contribution in [0.2, 0.25) is 0 Å². The molecule has 25 heavy (non-hydrogen) atoms. The summed E-state index contributed by atoms with van der Waals surface area (Å²) >= 11 is 0. The van der Waals surface area contributed by atoms with Crippen LogP contribution in [-0.2, 0) is 10.0 Å². The van der Waals surface area contributed by atoms with Crippen molar-refractivity contribution in [2.24, 2.45) is 0 Å². The minimum absolute atomic E-state index is 0.121. The van der Waals surface area contributed by atoms with E-state index in [0.717, 1.165) is 15.4 Å². The van der Waals surface area contributed by atoms with Gasteiger partial charge in [0, 0.05) is 25.3 Å². The molecule has 0 spiro atoms. The molecular formula is C18H19N3O3S. The van der Waals surface area contributed by atoms with Gasteiger partial charge in [0.15, 0.2) is 0 Å². The number of nitrogens with zero attached hydrogens (tertiary/aromatic N) is 2. The number of amides is 1. The Kier molecular flexibility index (Phi) is 5.26. The van der Waals surface area contributed by atoms with E-state index in [-0.39, 0.29) is 10.8 Å². The molecule has 6 nitrogen and oxygen atoms in total. The van der Waals surface area contributed by atoms with Crippen molar-refractivity contribution in [1.29, 1.82) is 5.26 Å². The van der Waals surface area contributed by atoms with E-state index in [1.807, 2.05) is 13.0 Å². The monoisotopic (exact) mass is 357 g/mol. The quantitative estimate of drug-likeness (QED) is 0.911. The summed E-state index contributed by atoms with van der Waals surface area (Å²) in [7, 11) is -0.686. The highest BCUT2D eigenvalue weighted by Gasteiger charge is 2.20. The van der Waals surface area contributed by atoms with Crippen molar-refractivity contribution in [3.8, 4) is 6.07 Å². The van der Waals surface area contributed by atoms with Crippen molar-refractivity contribution in [1.82, 2.24) is 4.31 Å². The second-order valence-electron chi connectivity index (χ2n) is 5.84. The normalized spacial score (nSPS) is 11.2. The van der Waals surface area contributed by atoms with E-state index in [1.54, 1.807) is 37.3 Å². The van der Waals surface area contributed by atoms with Crippen LogP contribution in [0.15, 0.2) is 41.3 Å². The lowest BCUT2D eigenvalue weighted by Crippen LogP contribution is -2.23. The molecular weight excluding hydrogens is 338 g/mol. The molecule has 2 aromatic rings. The van der Waals surface area contributed by atoms with Crippen LogP contribution in [0.25, 0.3) is 0 Å². The first-order valence-corrected chi connectivity index (χ1v) is 8.96. The Hall–Kier alpha value is -2.69. The highest BCUT2D eigenvalue weighted by Crippen LogP contribution is 2.26. The molecule has 0 aliphatic rings. The minimum Gasteiger partial charge on any atom is -0.322 e. The molecule has 0 radical (unpaired) electrons. The standard InChI is InChI=1S/C18H19N3O3S/c1-12-9-16(25(23,24)21(3)4)10-17(13(12)2)20-18(22)15-7-5-14(11-19)6-8-15/h5-10H,1-4H3,(H,20,22). The van der Waals surface area contributed by atoms with E-state index in [1.165, 1.54) is 20.2 Å². The number of aryl methyl sites for hydroxylation is 1. The minimum atomic E-state index is -3.60. The largest absolute Gasteiger partial charge is 0.322 e. The van der Waals surface area contributed by atoms with E-state index in [9.17, 15) is 13.2 Å². The molecule has 0 saturated carbocycles. The lowest BCUT2D eigenvalue weighted by atomic mass is 10.1. The zero-order valence-corrected chi connectivity index (χ0v) is 15.3. The summed E-state index contributed by atoms with van der Waals surface area (Å²) in [6.45, 7) is 3.61. The Bertz CT molecular complexity index is 956. The first kappa shape index (κ1) is 18.6. The molecule has 0 aromatic heterocycles. The third-order valence-electron chi connectivity index (χ3n) is 3.94. The van der Waals surface area contributed by atoms with E-state index in [0.29, 0.717) is 16.8 Å². The molecule has 0 fully saturated rings. The molecule has 0 aliphatic carbocycles. The summed E-state index contributed by atoms with van der Waals surface area (Å²) in [5, 5.41) is 11.6. The number of nitriles is 1. The summed E-state index contributed by atoms with van der Waals surface area (Å²) < 4.78 is 25.8. The number of rotatable bonds is 4. The fourth-order valence-corrected chi connectivity index (χ4v) is 3.22. The average Bonchev–Trinajstić information content (AvgIpc) is 2.58. The van der Waals surface area contributed by atoms with Gasteiger partial charge in [-0.15, -0.1) is 0 Å². The van der Waals surface area contributed by atoms with E-state index in [2.05, 4.69) is 5.32 Å². The molecule has 7 heteroatoms. The number of hydrogen-bond donors (Lipinski definition) is 1. The van der Waals surface area contributed by atoms with Crippen molar-refractivity contribution in [3.63, 3.8) is 0 Å². The second-order valence-corrected chi connectivity index (χ2v) is 8.00. The van der Waals surface area contributed by atoms with Crippen LogP contribution >= 0.6 is 0 Å². The summed E-state index contributed by atoms with van der Waals surface area (Å²) in [5.41, 5.74) is 2.84. The number of carbonyl (C=O) groups excluding carboxylic acids is 1. The fraction of sp³-hybridized carbons (Fsp3) is 0.222. The van der Waals surface area contributed by atoms with Crippen LogP contribution in [0.1, 0.15) is 27.0 Å². The van der Waals surface area contributed by atoms with Gasteiger partial charge >= 0.3 is 0 Å². The van der Waals surface area contributed by atoms with Gasteiger partial charge in [0.25, 0.3) is 5.91 Å². The Morgan fingerprint density at radius 2 is 1.72 bits per heavy atom. The predicted molar refractivity (Wildman–Crippen MR) is 95.9 cm³/mol. The molecule has 0 bridgehead atoms. The number of sulfonamides is 1. The van der Waals surface area contributed by atoms with Crippen LogP contribution in [0.3, 0.4) is 0 Å². The van der Waals surface area contributed by atoms with Crippen LogP contribution in [0.4, 0.5) is 5.69 Å². The first-order chi connectivity index (χ1) is 11.7. The molecule has 0 saturated heterocycles. The number of anilines is 1. The van der Waals surface area contributed by atoms with Crippen LogP contribution in [0.5, 0.6) is 0 Å². The maximum atomic E-state index is 12.4. The molecule has 1 amide bonds. The van der Waals surface area contributed by atoms with Gasteiger partial charge in [0.05, 0.1) is 16.5 Å². The Balaban J connectivity index is 2.40. The maximum Gasteiger partial charge on any atom is 0.255 e. The summed E-state index contributed by atoms with van der Waals surface area (Å²) in [4.78, 5) is 12.5. The van der Waals surface area contributed by atoms with Crippen LogP contribution in [-0.4, -0.2) is 32.7 Å². The van der Waals surface area contributed by atoms with E-state index >= 15 is 0 Å². The van der Waals surface area contributed by atoms with Gasteiger partial charge in [-0.25, -0.2) is 12.7 Å². The zero-order valence-electron chi connectivity index (χ0n) is 14.5. The van der Waals surface area contributed by atoms with Gasteiger partial charge in [-0.05, 0) is 61.4 Å². The average molecular weight is 357 g/mol. The Morgan fingerprint density at radius 1 is 1.12 bits per heavy atom. The second kappa shape index (κ2) is 7.05. The molecule has 130 valence electrons. The smallest absolute Gasteiger partial charge is 0.255 e. The zero-order chi connectivity index (χ0) is 18.8. The highest BCUT2D eigenvalue weighted by atomic mass is 32.2. The highest BCUT2D eigenvalue weighted by molar-refractivity contribution is 7.89. The van der Waals surface area contributed by atoms with Gasteiger partial charge in [-0.3, -0.25) is 4.79 Å². The molecule has 0 atom stereocenters. The lowest BCUT2D eigenvalue weighted by Gasteiger charge is -2.16. The molecule has 2 rings (SSSR count). The van der Waals surface area contributed by atoms with Crippen molar-refractivity contribution in [2.45, 2.75) is 18.7 Å². The molecule has 0 aliphatic heterocycles. The van der Waals surface area contributed by atoms with Crippen LogP contribution in [0, 0.1) is 25.2 Å². The van der Waals surface area contributed by atoms with Crippen LogP contribution < -0.4 is 5.32 Å². The molecule has 0 unspecified atom stereocenters. The third-order valence-corrected chi connectivity index (χ3v) is 5.74. The lowest BCUT2D eigenvalue weighted by molar-refractivity contribution is 0.102. The number of benzene rings is 2. The number of carbonyl (C=O) groups is 1. The molecule has 2 aromatic carbocycles. The first-order valence-electron chi connectivity index (χ1n) is 7.52. The van der Waals surface area contributed by atoms with Crippen molar-refractivity contribution < 1.29 is 13.2 Å². The molecule has 0 heterocycles. The maximum absolute atomic E-state index is 12.4. The summed E-state index contributed by atoms with van der Waals surface area (Å²) in [6, 6.07) is 11.2. The Morgan fingerprint density at radius 3 is 2.24 bits per heavy atom. The van der Waals surface area contributed by atoms with Crippen molar-refractivity contribution in [3.05, 3.63) is 58.7 Å². The summed E-state index contributed by atoms with van der Waals surface area (Å²) in [6.07, 6.45) is 0. The van der Waals surface area contributed by atoms with Crippen molar-refractivity contribution >= 4 is 21.6 Å². The third kappa shape index (κ3) is 3.87. The Labute approximate surface area is 147 Å². The van der Waals surface area contributed by atoms with E-state index in [4.69, 9.17) is 5.26 Å².